The Morgan fingerprint density at radius 3 is 2.06 bits per heavy atom. The average Bonchev–Trinajstić information content (AvgIpc) is 3.14. The normalized spacial score (nSPS) is 13.0. The lowest BCUT2D eigenvalue weighted by molar-refractivity contribution is -0.149. The molecule has 33 heavy (non-hydrogen) atoms. The van der Waals surface area contributed by atoms with Gasteiger partial charge in [-0.25, -0.2) is 17.9 Å². The first-order valence-corrected chi connectivity index (χ1v) is 11.6. The quantitative estimate of drug-likeness (QED) is 0.525. The highest BCUT2D eigenvalue weighted by Gasteiger charge is 2.43. The molecule has 11 heteroatoms. The molecule has 3 aromatic rings. The van der Waals surface area contributed by atoms with Crippen molar-refractivity contribution >= 4 is 15.8 Å². The number of carbonyl (C=O) groups is 1. The third kappa shape index (κ3) is 4.87. The van der Waals surface area contributed by atoms with Crippen molar-refractivity contribution in [3.05, 3.63) is 54.2 Å². The number of carboxylic acid groups (broad SMARTS) is 1. The van der Waals surface area contributed by atoms with E-state index in [0.29, 0.717) is 10.4 Å². The van der Waals surface area contributed by atoms with Gasteiger partial charge in [-0.15, -0.1) is 0 Å². The molecule has 0 bridgehead atoms. The van der Waals surface area contributed by atoms with Gasteiger partial charge in [0, 0.05) is 17.4 Å². The monoisotopic (exact) mass is 482 g/mol. The van der Waals surface area contributed by atoms with E-state index < -0.39 is 33.7 Å². The van der Waals surface area contributed by atoms with Gasteiger partial charge in [0.1, 0.15) is 17.5 Å². The molecule has 1 unspecified atom stereocenters. The fourth-order valence-corrected chi connectivity index (χ4v) is 4.11. The Hall–Kier alpha value is -3.34. The van der Waals surface area contributed by atoms with Gasteiger partial charge < -0.3 is 9.84 Å². The van der Waals surface area contributed by atoms with Crippen molar-refractivity contribution in [3.63, 3.8) is 0 Å². The second-order valence-electron chi connectivity index (χ2n) is 7.30. The molecule has 2 aromatic carbocycles. The lowest BCUT2D eigenvalue weighted by Crippen LogP contribution is -2.25. The molecule has 0 fully saturated rings. The number of sulfone groups is 1. The minimum atomic E-state index is -4.92. The summed E-state index contributed by atoms with van der Waals surface area (Å²) in [4.78, 5) is 11.7. The number of rotatable bonds is 7. The number of carboxylic acids is 1. The Kier molecular flexibility index (Phi) is 6.55. The van der Waals surface area contributed by atoms with Gasteiger partial charge in [0.05, 0.1) is 12.0 Å². The van der Waals surface area contributed by atoms with Crippen LogP contribution in [0.3, 0.4) is 0 Å². The van der Waals surface area contributed by atoms with E-state index in [-0.39, 0.29) is 33.7 Å². The van der Waals surface area contributed by atoms with Gasteiger partial charge in [0.25, 0.3) is 0 Å². The molecular weight excluding hydrogens is 461 g/mol. The van der Waals surface area contributed by atoms with Gasteiger partial charge in [-0.1, -0.05) is 31.2 Å². The number of ether oxygens (including phenoxy) is 1. The van der Waals surface area contributed by atoms with Crippen LogP contribution in [0.1, 0.15) is 25.1 Å². The summed E-state index contributed by atoms with van der Waals surface area (Å²) in [5.41, 5.74) is -1.28. The number of halogens is 3. The molecule has 1 atom stereocenters. The predicted molar refractivity (Wildman–Crippen MR) is 115 cm³/mol. The number of hydrogen-bond donors (Lipinski definition) is 1. The molecule has 0 radical (unpaired) electrons. The number of nitrogens with zero attached hydrogens (tertiary/aromatic N) is 2. The van der Waals surface area contributed by atoms with Crippen molar-refractivity contribution in [1.29, 1.82) is 0 Å². The van der Waals surface area contributed by atoms with Crippen molar-refractivity contribution in [1.82, 2.24) is 9.78 Å². The van der Waals surface area contributed by atoms with Crippen LogP contribution in [0.2, 0.25) is 0 Å². The molecule has 1 N–H and O–H groups in total. The number of alkyl halides is 3. The molecule has 176 valence electrons. The molecule has 0 spiro atoms. The summed E-state index contributed by atoms with van der Waals surface area (Å²) in [6.07, 6.45) is -4.04. The number of aromatic nitrogens is 2. The number of hydrogen-bond acceptors (Lipinski definition) is 5. The lowest BCUT2D eigenvalue weighted by Gasteiger charge is -2.17. The van der Waals surface area contributed by atoms with E-state index in [1.165, 1.54) is 62.6 Å². The first kappa shape index (κ1) is 24.3. The summed E-state index contributed by atoms with van der Waals surface area (Å²) >= 11 is 0. The van der Waals surface area contributed by atoms with Crippen molar-refractivity contribution in [2.24, 2.45) is 0 Å². The average molecular weight is 482 g/mol. The molecule has 1 aromatic heterocycles. The predicted octanol–water partition coefficient (Wildman–Crippen LogP) is 4.68. The van der Waals surface area contributed by atoms with Gasteiger partial charge >= 0.3 is 12.1 Å². The molecule has 0 aliphatic heterocycles. The summed E-state index contributed by atoms with van der Waals surface area (Å²) < 4.78 is 72.0. The third-order valence-electron chi connectivity index (χ3n) is 5.08. The third-order valence-corrected chi connectivity index (χ3v) is 6.21. The zero-order chi connectivity index (χ0) is 24.6. The maximum Gasteiger partial charge on any atom is 0.433 e. The smallest absolute Gasteiger partial charge is 0.433 e. The fraction of sp³-hybridized carbons (Fsp3) is 0.273. The Balaban J connectivity index is 2.37. The molecule has 1 heterocycles. The molecule has 3 rings (SSSR count). The van der Waals surface area contributed by atoms with Crippen LogP contribution < -0.4 is 4.74 Å². The summed E-state index contributed by atoms with van der Waals surface area (Å²) in [5.74, 6) is -1.03. The van der Waals surface area contributed by atoms with Crippen LogP contribution in [0, 0.1) is 0 Å². The summed E-state index contributed by atoms with van der Waals surface area (Å²) in [5, 5.41) is 13.6. The largest absolute Gasteiger partial charge is 0.497 e. The topological polar surface area (TPSA) is 98.5 Å². The molecule has 7 nitrogen and oxygen atoms in total. The highest BCUT2D eigenvalue weighted by atomic mass is 32.2. The Labute approximate surface area is 188 Å². The number of methoxy groups -OCH3 is 1. The van der Waals surface area contributed by atoms with E-state index in [1.807, 2.05) is 0 Å². The molecular formula is C22H21F3N2O5S. The Morgan fingerprint density at radius 1 is 1.09 bits per heavy atom. The second kappa shape index (κ2) is 8.89. The zero-order valence-corrected chi connectivity index (χ0v) is 18.7. The highest BCUT2D eigenvalue weighted by Crippen LogP contribution is 2.44. The van der Waals surface area contributed by atoms with E-state index >= 15 is 0 Å². The molecule has 0 aliphatic rings. The number of benzene rings is 2. The van der Waals surface area contributed by atoms with Crippen molar-refractivity contribution in [3.8, 4) is 28.1 Å². The number of aliphatic carboxylic acids is 1. The van der Waals surface area contributed by atoms with E-state index in [0.717, 1.165) is 6.26 Å². The van der Waals surface area contributed by atoms with Crippen LogP contribution in [0.5, 0.6) is 5.75 Å². The minimum Gasteiger partial charge on any atom is -0.497 e. The summed E-state index contributed by atoms with van der Waals surface area (Å²) in [6, 6.07) is 9.48. The fourth-order valence-electron chi connectivity index (χ4n) is 3.48. The van der Waals surface area contributed by atoms with Crippen molar-refractivity contribution in [2.45, 2.75) is 30.5 Å². The molecule has 0 amide bonds. The van der Waals surface area contributed by atoms with Crippen LogP contribution in [0.25, 0.3) is 22.4 Å². The van der Waals surface area contributed by atoms with E-state index in [1.54, 1.807) is 0 Å². The maximum absolute atomic E-state index is 14.3. The van der Waals surface area contributed by atoms with Gasteiger partial charge in [-0.05, 0) is 36.2 Å². The Morgan fingerprint density at radius 2 is 1.64 bits per heavy atom. The van der Waals surface area contributed by atoms with Gasteiger partial charge in [0.2, 0.25) is 0 Å². The van der Waals surface area contributed by atoms with Crippen LogP contribution in [0.4, 0.5) is 13.2 Å². The molecule has 0 saturated carbocycles. The first-order valence-electron chi connectivity index (χ1n) is 9.75. The minimum absolute atomic E-state index is 0.00954. The zero-order valence-electron chi connectivity index (χ0n) is 17.9. The SMILES string of the molecule is CCC(C(=O)O)n1nc(-c2ccc(S(C)(=O)=O)cc2)c(-c2ccc(OC)cc2)c1C(F)(F)F. The van der Waals surface area contributed by atoms with Crippen LogP contribution in [-0.4, -0.2) is 42.6 Å². The van der Waals surface area contributed by atoms with Gasteiger partial charge in [-0.2, -0.15) is 18.3 Å². The molecule has 0 aliphatic carbocycles. The maximum atomic E-state index is 14.3. The lowest BCUT2D eigenvalue weighted by atomic mass is 9.98. The van der Waals surface area contributed by atoms with Crippen LogP contribution in [-0.2, 0) is 20.8 Å². The van der Waals surface area contributed by atoms with Gasteiger partial charge in [0.15, 0.2) is 15.5 Å². The summed E-state index contributed by atoms with van der Waals surface area (Å²) in [7, 11) is -2.11. The summed E-state index contributed by atoms with van der Waals surface area (Å²) in [6.45, 7) is 1.45. The molecule has 0 saturated heterocycles. The standard InChI is InChI=1S/C22H21F3N2O5S/c1-4-17(21(28)29)27-20(22(23,24)25)18(13-5-9-15(32-2)10-6-13)19(26-27)14-7-11-16(12-8-14)33(3,30)31/h5-12,17H,4H2,1-3H3,(H,28,29). The van der Waals surface area contributed by atoms with Crippen molar-refractivity contribution in [2.75, 3.05) is 13.4 Å². The van der Waals surface area contributed by atoms with Crippen molar-refractivity contribution < 1.29 is 36.2 Å². The van der Waals surface area contributed by atoms with E-state index in [9.17, 15) is 31.5 Å². The Bertz CT molecular complexity index is 1270. The van der Waals surface area contributed by atoms with Crippen LogP contribution >= 0.6 is 0 Å². The second-order valence-corrected chi connectivity index (χ2v) is 9.32. The van der Waals surface area contributed by atoms with Crippen LogP contribution in [0.15, 0.2) is 53.4 Å². The highest BCUT2D eigenvalue weighted by molar-refractivity contribution is 7.90. The van der Waals surface area contributed by atoms with Gasteiger partial charge in [-0.3, -0.25) is 0 Å². The van der Waals surface area contributed by atoms with E-state index in [2.05, 4.69) is 5.10 Å². The van der Waals surface area contributed by atoms with E-state index in [4.69, 9.17) is 4.74 Å². The first-order chi connectivity index (χ1) is 15.4.